The highest BCUT2D eigenvalue weighted by Gasteiger charge is 2.47. The molecule has 378 valence electrons. The van der Waals surface area contributed by atoms with Crippen LogP contribution < -0.4 is 0 Å². The normalized spacial score (nSPS) is 14.8. The quantitative estimate of drug-likeness (QED) is 0.144. The van der Waals surface area contributed by atoms with Crippen LogP contribution in [0.3, 0.4) is 0 Å². The lowest BCUT2D eigenvalue weighted by Crippen LogP contribution is -2.28. The van der Waals surface area contributed by atoms with Gasteiger partial charge in [0.2, 0.25) is 0 Å². The Kier molecular flexibility index (Phi) is 10.9. The molecular weight excluding hydrogens is 983 g/mol. The van der Waals surface area contributed by atoms with Gasteiger partial charge in [-0.25, -0.2) is 24.9 Å². The second kappa shape index (κ2) is 18.9. The molecule has 0 N–H and O–H groups in total. The maximum absolute atomic E-state index is 5.36. The average molecular weight is 1030 g/mol. The first-order valence-electron chi connectivity index (χ1n) is 27.8. The maximum atomic E-state index is 5.36. The first-order chi connectivity index (χ1) is 40.2. The fraction of sp³-hybridized carbons (Fsp3) is 0.0395. The summed E-state index contributed by atoms with van der Waals surface area (Å²) >= 11 is 0. The Hall–Kier alpha value is -10.5. The van der Waals surface area contributed by atoms with Crippen molar-refractivity contribution in [2.45, 2.75) is 17.3 Å². The minimum absolute atomic E-state index is 0.0287. The molecule has 17 rings (SSSR count). The van der Waals surface area contributed by atoms with Crippen molar-refractivity contribution in [3.63, 3.8) is 0 Å². The van der Waals surface area contributed by atoms with E-state index in [2.05, 4.69) is 243 Å². The molecule has 2 unspecified atom stereocenters. The lowest BCUT2D eigenvalue weighted by molar-refractivity contribution is 0.754. The number of hydrogen-bond donors (Lipinski definition) is 0. The van der Waals surface area contributed by atoms with Gasteiger partial charge in [-0.05, 0) is 96.1 Å². The van der Waals surface area contributed by atoms with E-state index in [1.165, 1.54) is 72.3 Å². The van der Waals surface area contributed by atoms with Gasteiger partial charge in [0.15, 0.2) is 23.3 Å². The van der Waals surface area contributed by atoms with Crippen molar-refractivity contribution >= 4 is 0 Å². The third-order valence-electron chi connectivity index (χ3n) is 17.0. The first kappa shape index (κ1) is 46.6. The van der Waals surface area contributed by atoms with Crippen LogP contribution in [0.5, 0.6) is 0 Å². The molecule has 2 atom stereocenters. The Morgan fingerprint density at radius 3 is 1.17 bits per heavy atom. The van der Waals surface area contributed by atoms with Crippen molar-refractivity contribution in [3.05, 3.63) is 341 Å². The smallest absolute Gasteiger partial charge is 0.164 e. The zero-order valence-corrected chi connectivity index (χ0v) is 44.0. The predicted octanol–water partition coefficient (Wildman–Crippen LogP) is 17.7. The summed E-state index contributed by atoms with van der Waals surface area (Å²) in [5, 5.41) is 0. The molecule has 81 heavy (non-hydrogen) atoms. The fourth-order valence-electron chi connectivity index (χ4n) is 13.5. The first-order valence-corrected chi connectivity index (χ1v) is 27.8. The van der Waals surface area contributed by atoms with Crippen molar-refractivity contribution in [2.75, 3.05) is 0 Å². The molecule has 0 amide bonds. The molecule has 0 aliphatic heterocycles. The van der Waals surface area contributed by atoms with E-state index in [4.69, 9.17) is 24.9 Å². The molecule has 11 aromatic carbocycles. The third kappa shape index (κ3) is 7.50. The van der Waals surface area contributed by atoms with E-state index in [1.807, 2.05) is 42.5 Å². The molecule has 0 saturated heterocycles. The van der Waals surface area contributed by atoms with Crippen LogP contribution in [0.25, 0.3) is 90.3 Å². The summed E-state index contributed by atoms with van der Waals surface area (Å²) in [6.07, 6.45) is 0. The number of hydrogen-bond acceptors (Lipinski definition) is 5. The number of rotatable bonds is 9. The van der Waals surface area contributed by atoms with Crippen molar-refractivity contribution in [2.24, 2.45) is 0 Å². The van der Waals surface area contributed by atoms with Gasteiger partial charge in [0.05, 0.1) is 16.8 Å². The lowest BCUT2D eigenvalue weighted by Gasteiger charge is -2.42. The molecule has 0 spiro atoms. The second-order valence-corrected chi connectivity index (χ2v) is 21.4. The van der Waals surface area contributed by atoms with E-state index in [-0.39, 0.29) is 11.8 Å². The molecule has 4 aliphatic rings. The molecule has 0 saturated carbocycles. The molecule has 5 heteroatoms. The summed E-state index contributed by atoms with van der Waals surface area (Å²) in [7, 11) is 0. The Bertz CT molecular complexity index is 4470. The van der Waals surface area contributed by atoms with Gasteiger partial charge in [-0.3, -0.25) is 0 Å². The van der Waals surface area contributed by atoms with Gasteiger partial charge in [0.1, 0.15) is 0 Å². The molecule has 2 heterocycles. The van der Waals surface area contributed by atoms with Gasteiger partial charge in [-0.2, -0.15) is 0 Å². The Morgan fingerprint density at radius 2 is 0.617 bits per heavy atom. The molecule has 5 nitrogen and oxygen atoms in total. The summed E-state index contributed by atoms with van der Waals surface area (Å²) in [5.41, 5.74) is 25.1. The average Bonchev–Trinajstić information content (AvgIpc) is 3.95. The van der Waals surface area contributed by atoms with Crippen LogP contribution in [0.4, 0.5) is 0 Å². The van der Waals surface area contributed by atoms with E-state index in [0.717, 1.165) is 50.3 Å². The Morgan fingerprint density at radius 1 is 0.235 bits per heavy atom. The number of fused-ring (bicyclic) bond motifs is 3. The zero-order chi connectivity index (χ0) is 53.4. The third-order valence-corrected chi connectivity index (χ3v) is 17.0. The van der Waals surface area contributed by atoms with Crippen LogP contribution in [0, 0.1) is 0 Å². The Balaban J connectivity index is 0.788. The van der Waals surface area contributed by atoms with Crippen LogP contribution in [0.2, 0.25) is 0 Å². The minimum atomic E-state index is -0.473. The van der Waals surface area contributed by atoms with Gasteiger partial charge >= 0.3 is 0 Å². The Labute approximate surface area is 470 Å². The van der Waals surface area contributed by atoms with Gasteiger partial charge < -0.3 is 0 Å². The van der Waals surface area contributed by atoms with Crippen LogP contribution >= 0.6 is 0 Å². The van der Waals surface area contributed by atoms with Crippen molar-refractivity contribution in [3.8, 4) is 90.3 Å². The fourth-order valence-corrected chi connectivity index (χ4v) is 13.5. The SMILES string of the molecule is c1ccc(-c2nc(-c3ccc(-c4cccc5c4-c4ccccc4C5(c4ccccc4)c4ccccc4)cc3)cc(-c3ccc4c(c3)C3c5ccccc5C4c4cc(-c5nc(-c6ccccc6)nc(-c6ccccc6)n5)ccc43)n2)cc1. The highest BCUT2D eigenvalue weighted by atomic mass is 15.0. The van der Waals surface area contributed by atoms with E-state index in [1.54, 1.807) is 0 Å². The van der Waals surface area contributed by atoms with Crippen LogP contribution in [-0.4, -0.2) is 24.9 Å². The van der Waals surface area contributed by atoms with Crippen LogP contribution in [0.15, 0.2) is 285 Å². The van der Waals surface area contributed by atoms with Gasteiger partial charge in [0, 0.05) is 45.2 Å². The van der Waals surface area contributed by atoms with E-state index in [9.17, 15) is 0 Å². The molecule has 2 aromatic heterocycles. The van der Waals surface area contributed by atoms with Crippen molar-refractivity contribution in [1.29, 1.82) is 0 Å². The summed E-state index contributed by atoms with van der Waals surface area (Å²) in [6.45, 7) is 0. The molecule has 13 aromatic rings. The standard InChI is InChI=1S/C76H49N5/c1-6-21-50(22-7-1)72-77-67(49-39-37-48(38-40-49)57-34-20-36-66-71(57)62-33-18-19-35-65(62)76(66,55-27-12-4-13-28-55)56-29-14-5-15-30-56)47-68(78-72)53-41-43-60-63(45-53)69-58-31-16-17-32-59(58)70(60)64-46-54(42-44-61(64)69)75-80-73(51-23-8-2-9-24-51)79-74(81-75)52-25-10-3-11-26-52/h1-47,69-70H. The summed E-state index contributed by atoms with van der Waals surface area (Å²) in [4.78, 5) is 25.9. The zero-order valence-electron chi connectivity index (χ0n) is 44.0. The number of nitrogens with zero attached hydrogens (tertiary/aromatic N) is 5. The van der Waals surface area contributed by atoms with Crippen LogP contribution in [-0.2, 0) is 5.41 Å². The molecule has 4 aliphatic carbocycles. The number of aromatic nitrogens is 5. The minimum Gasteiger partial charge on any atom is -0.228 e. The number of benzene rings is 11. The highest BCUT2D eigenvalue weighted by molar-refractivity contribution is 5.96. The second-order valence-electron chi connectivity index (χ2n) is 21.4. The van der Waals surface area contributed by atoms with Gasteiger partial charge in [0.25, 0.3) is 0 Å². The molecule has 0 radical (unpaired) electrons. The topological polar surface area (TPSA) is 64.5 Å². The van der Waals surface area contributed by atoms with Crippen molar-refractivity contribution in [1.82, 2.24) is 24.9 Å². The van der Waals surface area contributed by atoms with Crippen LogP contribution in [0.1, 0.15) is 67.5 Å². The molecule has 0 fully saturated rings. The summed E-state index contributed by atoms with van der Waals surface area (Å²) in [5.74, 6) is 2.71. The maximum Gasteiger partial charge on any atom is 0.164 e. The predicted molar refractivity (Wildman–Crippen MR) is 326 cm³/mol. The lowest BCUT2D eigenvalue weighted by atomic mass is 9.60. The van der Waals surface area contributed by atoms with Gasteiger partial charge in [-0.1, -0.05) is 267 Å². The molecule has 2 bridgehead atoms. The highest BCUT2D eigenvalue weighted by Crippen LogP contribution is 2.59. The van der Waals surface area contributed by atoms with Crippen molar-refractivity contribution < 1.29 is 0 Å². The molecular formula is C76H49N5. The summed E-state index contributed by atoms with van der Waals surface area (Å²) in [6, 6.07) is 103. The van der Waals surface area contributed by atoms with E-state index < -0.39 is 5.41 Å². The van der Waals surface area contributed by atoms with E-state index >= 15 is 0 Å². The monoisotopic (exact) mass is 1030 g/mol. The summed E-state index contributed by atoms with van der Waals surface area (Å²) < 4.78 is 0. The largest absolute Gasteiger partial charge is 0.228 e. The van der Waals surface area contributed by atoms with Gasteiger partial charge in [-0.15, -0.1) is 0 Å². The van der Waals surface area contributed by atoms with E-state index in [0.29, 0.717) is 23.3 Å².